The minimum absolute atomic E-state index is 0.0156. The molecule has 1 rings (SSSR count). The Hall–Kier alpha value is -1.70. The lowest BCUT2D eigenvalue weighted by molar-refractivity contribution is -0.114. The van der Waals surface area contributed by atoms with Crippen molar-refractivity contribution in [1.29, 1.82) is 0 Å². The van der Waals surface area contributed by atoms with Gasteiger partial charge in [-0.15, -0.1) is 0 Å². The quantitative estimate of drug-likeness (QED) is 0.536. The van der Waals surface area contributed by atoms with E-state index in [-0.39, 0.29) is 5.78 Å². The largest absolute Gasteiger partial charge is 0.298 e. The number of allylic oxidation sites excluding steroid dienone is 2. The van der Waals surface area contributed by atoms with E-state index < -0.39 is 0 Å². The third-order valence-electron chi connectivity index (χ3n) is 1.90. The second kappa shape index (κ2) is 5.12. The van der Waals surface area contributed by atoms with Crippen LogP contribution in [0.4, 0.5) is 0 Å². The van der Waals surface area contributed by atoms with Crippen molar-refractivity contribution in [1.82, 2.24) is 0 Å². The Balaban J connectivity index is 2.85. The van der Waals surface area contributed by atoms with Crippen LogP contribution in [0.15, 0.2) is 36.4 Å². The van der Waals surface area contributed by atoms with Crippen LogP contribution in [0.3, 0.4) is 0 Å². The number of carbonyl (C=O) groups excluding carboxylic acids is 2. The summed E-state index contributed by atoms with van der Waals surface area (Å²) in [5.74, 6) is 0.0156. The zero-order chi connectivity index (χ0) is 10.4. The van der Waals surface area contributed by atoms with Crippen molar-refractivity contribution in [3.63, 3.8) is 0 Å². The van der Waals surface area contributed by atoms with Crippen LogP contribution in [0.5, 0.6) is 0 Å². The van der Waals surface area contributed by atoms with Crippen molar-refractivity contribution in [2.24, 2.45) is 0 Å². The van der Waals surface area contributed by atoms with Crippen molar-refractivity contribution in [2.75, 3.05) is 0 Å². The number of hydrogen-bond acceptors (Lipinski definition) is 2. The summed E-state index contributed by atoms with van der Waals surface area (Å²) in [4.78, 5) is 21.9. The number of ketones is 1. The Morgan fingerprint density at radius 1 is 1.36 bits per heavy atom. The highest BCUT2D eigenvalue weighted by Crippen LogP contribution is 2.07. The maximum absolute atomic E-state index is 11.3. The average Bonchev–Trinajstić information content (AvgIpc) is 2.19. The van der Waals surface area contributed by atoms with Gasteiger partial charge in [-0.3, -0.25) is 9.59 Å². The fraction of sp³-hybridized carbons (Fsp3) is 0.167. The molecule has 0 atom stereocenters. The van der Waals surface area contributed by atoms with Gasteiger partial charge in [0.1, 0.15) is 6.29 Å². The molecule has 0 amide bonds. The lowest BCUT2D eigenvalue weighted by Gasteiger charge is -2.00. The topological polar surface area (TPSA) is 34.1 Å². The smallest absolute Gasteiger partial charge is 0.159 e. The van der Waals surface area contributed by atoms with E-state index in [0.29, 0.717) is 12.0 Å². The molecule has 0 bridgehead atoms. The number of hydrogen-bond donors (Lipinski definition) is 0. The van der Waals surface area contributed by atoms with Crippen LogP contribution in [-0.2, 0) is 11.2 Å². The van der Waals surface area contributed by atoms with Gasteiger partial charge >= 0.3 is 0 Å². The van der Waals surface area contributed by atoms with Gasteiger partial charge in [-0.1, -0.05) is 30.3 Å². The number of benzene rings is 1. The molecule has 0 unspecified atom stereocenters. The van der Waals surface area contributed by atoms with Crippen molar-refractivity contribution >= 4 is 12.1 Å². The maximum atomic E-state index is 11.3. The van der Waals surface area contributed by atoms with Gasteiger partial charge in [0.2, 0.25) is 0 Å². The van der Waals surface area contributed by atoms with E-state index in [1.165, 1.54) is 6.08 Å². The highest BCUT2D eigenvalue weighted by atomic mass is 16.1. The molecular weight excluding hydrogens is 176 g/mol. The van der Waals surface area contributed by atoms with Crippen LogP contribution in [0.1, 0.15) is 22.8 Å². The van der Waals surface area contributed by atoms with Gasteiger partial charge in [0, 0.05) is 12.0 Å². The first kappa shape index (κ1) is 10.4. The van der Waals surface area contributed by atoms with E-state index in [9.17, 15) is 9.59 Å². The average molecular weight is 188 g/mol. The minimum Gasteiger partial charge on any atom is -0.298 e. The Labute approximate surface area is 83.3 Å². The van der Waals surface area contributed by atoms with E-state index >= 15 is 0 Å². The minimum atomic E-state index is 0.0156. The summed E-state index contributed by atoms with van der Waals surface area (Å²) in [6.45, 7) is 1.80. The molecule has 0 saturated carbocycles. The fourth-order valence-electron chi connectivity index (χ4n) is 1.24. The van der Waals surface area contributed by atoms with Crippen molar-refractivity contribution in [3.8, 4) is 0 Å². The predicted molar refractivity (Wildman–Crippen MR) is 55.4 cm³/mol. The van der Waals surface area contributed by atoms with Crippen LogP contribution >= 0.6 is 0 Å². The molecule has 0 aliphatic heterocycles. The van der Waals surface area contributed by atoms with E-state index in [4.69, 9.17) is 0 Å². The molecule has 1 aromatic carbocycles. The molecule has 0 radical (unpaired) electrons. The lowest BCUT2D eigenvalue weighted by Crippen LogP contribution is -2.01. The molecule has 14 heavy (non-hydrogen) atoms. The summed E-state index contributed by atoms with van der Waals surface area (Å²) in [6.07, 6.45) is 4.28. The standard InChI is InChI=1S/C12H12O2/c1-2-5-12(14)8-10-6-3-4-7-11(10)9-13/h2-7,9H,8H2,1H3/b5-2+. The summed E-state index contributed by atoms with van der Waals surface area (Å²) >= 11 is 0. The van der Waals surface area contributed by atoms with Crippen LogP contribution in [0.25, 0.3) is 0 Å². The monoisotopic (exact) mass is 188 g/mol. The number of carbonyl (C=O) groups is 2. The number of aldehydes is 1. The van der Waals surface area contributed by atoms with Crippen molar-refractivity contribution in [2.45, 2.75) is 13.3 Å². The van der Waals surface area contributed by atoms with Gasteiger partial charge in [-0.25, -0.2) is 0 Å². The van der Waals surface area contributed by atoms with Crippen molar-refractivity contribution in [3.05, 3.63) is 47.5 Å². The molecule has 0 aliphatic rings. The molecule has 1 aromatic rings. The second-order valence-electron chi connectivity index (χ2n) is 2.96. The normalized spacial score (nSPS) is 10.4. The van der Waals surface area contributed by atoms with Gasteiger partial charge < -0.3 is 0 Å². The Morgan fingerprint density at radius 2 is 2.07 bits per heavy atom. The van der Waals surface area contributed by atoms with Gasteiger partial charge in [0.05, 0.1) is 0 Å². The summed E-state index contributed by atoms with van der Waals surface area (Å²) in [6, 6.07) is 7.12. The Morgan fingerprint density at radius 3 is 2.71 bits per heavy atom. The zero-order valence-corrected chi connectivity index (χ0v) is 8.07. The molecule has 0 aromatic heterocycles. The Kier molecular flexibility index (Phi) is 3.80. The molecule has 0 saturated heterocycles. The van der Waals surface area contributed by atoms with E-state index in [2.05, 4.69) is 0 Å². The van der Waals surface area contributed by atoms with Gasteiger partial charge in [0.25, 0.3) is 0 Å². The fourth-order valence-corrected chi connectivity index (χ4v) is 1.24. The third-order valence-corrected chi connectivity index (χ3v) is 1.90. The first-order chi connectivity index (χ1) is 6.77. The summed E-state index contributed by atoms with van der Waals surface area (Å²) in [7, 11) is 0. The zero-order valence-electron chi connectivity index (χ0n) is 8.07. The van der Waals surface area contributed by atoms with E-state index in [1.54, 1.807) is 31.2 Å². The van der Waals surface area contributed by atoms with Gasteiger partial charge in [0.15, 0.2) is 5.78 Å². The lowest BCUT2D eigenvalue weighted by atomic mass is 10.0. The van der Waals surface area contributed by atoms with Crippen molar-refractivity contribution < 1.29 is 9.59 Å². The second-order valence-corrected chi connectivity index (χ2v) is 2.96. The van der Waals surface area contributed by atoms with E-state index in [0.717, 1.165) is 11.8 Å². The molecule has 2 nitrogen and oxygen atoms in total. The van der Waals surface area contributed by atoms with Gasteiger partial charge in [-0.2, -0.15) is 0 Å². The molecule has 0 spiro atoms. The molecule has 2 heteroatoms. The summed E-state index contributed by atoms with van der Waals surface area (Å²) in [5.41, 5.74) is 1.37. The highest BCUT2D eigenvalue weighted by molar-refractivity contribution is 5.93. The van der Waals surface area contributed by atoms with Gasteiger partial charge in [-0.05, 0) is 18.6 Å². The highest BCUT2D eigenvalue weighted by Gasteiger charge is 2.03. The molecule has 0 aliphatic carbocycles. The third kappa shape index (κ3) is 2.66. The molecule has 0 N–H and O–H groups in total. The van der Waals surface area contributed by atoms with E-state index in [1.807, 2.05) is 6.07 Å². The molecular formula is C12H12O2. The van der Waals surface area contributed by atoms with Crippen LogP contribution in [-0.4, -0.2) is 12.1 Å². The maximum Gasteiger partial charge on any atom is 0.159 e. The SMILES string of the molecule is C/C=C/C(=O)Cc1ccccc1C=O. The molecule has 0 fully saturated rings. The number of rotatable bonds is 4. The first-order valence-corrected chi connectivity index (χ1v) is 4.46. The summed E-state index contributed by atoms with van der Waals surface area (Å²) < 4.78 is 0. The first-order valence-electron chi connectivity index (χ1n) is 4.46. The molecule has 72 valence electrons. The molecule has 0 heterocycles. The Bertz CT molecular complexity index is 364. The predicted octanol–water partition coefficient (Wildman–Crippen LogP) is 2.19. The van der Waals surface area contributed by atoms with Crippen LogP contribution in [0, 0.1) is 0 Å². The van der Waals surface area contributed by atoms with Crippen LogP contribution < -0.4 is 0 Å². The summed E-state index contributed by atoms with van der Waals surface area (Å²) in [5, 5.41) is 0. The van der Waals surface area contributed by atoms with Crippen LogP contribution in [0.2, 0.25) is 0 Å².